The summed E-state index contributed by atoms with van der Waals surface area (Å²) in [6.07, 6.45) is -2.19. The number of nitrogens with one attached hydrogen (secondary N) is 2. The van der Waals surface area contributed by atoms with Gasteiger partial charge in [-0.05, 0) is 87.9 Å². The number of fused-ring (bicyclic) bond motifs is 6. The molecule has 2 aromatic heterocycles. The molecule has 4 saturated heterocycles. The highest BCUT2D eigenvalue weighted by atomic mass is 19.4. The van der Waals surface area contributed by atoms with Gasteiger partial charge in [-0.1, -0.05) is 34.3 Å². The van der Waals surface area contributed by atoms with E-state index in [-0.39, 0.29) is 51.8 Å². The normalized spacial score (nSPS) is 23.5. The highest BCUT2D eigenvalue weighted by Crippen LogP contribution is 2.43. The van der Waals surface area contributed by atoms with Crippen LogP contribution in [-0.4, -0.2) is 180 Å². The number of piperidine rings is 1. The number of alkyl halides is 3. The Labute approximate surface area is 435 Å². The number of pyridine rings is 1. The number of hydrazine groups is 1. The largest absolute Gasteiger partial charge is 0.464 e. The summed E-state index contributed by atoms with van der Waals surface area (Å²) in [5.41, 5.74) is 4.77. The van der Waals surface area contributed by atoms with Crippen molar-refractivity contribution in [3.8, 4) is 11.3 Å². The number of aromatic nitrogens is 2. The second kappa shape index (κ2) is 22.0. The molecule has 75 heavy (non-hydrogen) atoms. The molecule has 6 bridgehead atoms. The quantitative estimate of drug-likeness (QED) is 0.150. The Morgan fingerprint density at radius 1 is 1.07 bits per heavy atom. The van der Waals surface area contributed by atoms with E-state index in [1.165, 1.54) is 26.5 Å². The highest BCUT2D eigenvalue weighted by Gasteiger charge is 2.48. The van der Waals surface area contributed by atoms with E-state index in [1.54, 1.807) is 49.3 Å². The number of hydrogen-bond acceptors (Lipinski definition) is 12. The number of nitrogens with zero attached hydrogens (tertiary/aromatic N) is 8. The van der Waals surface area contributed by atoms with E-state index in [4.69, 9.17) is 14.2 Å². The molecule has 7 heterocycles. The summed E-state index contributed by atoms with van der Waals surface area (Å²) in [5.74, 6) is -3.88. The standard InChI is InChI=1S/C53H72F4N10O8/c1-32(2)44(62(8)50(72)63-20-16-52(17-21-63)28-65(31-61(52)7)47(69)33(3)54)46(68)59-41-25-36-27-64(22-23-74-36)35-14-15-42-38(24-35)39(26-51(5,6)30-75-49(71)40-13-11-19-67(60-40)48(41)70)45(66(42)29-53(55,56)57)37-12-10-18-58-43(37)34(4)73-9/h10,12,14-15,18,24,32,34,36,40-41,44,60H,3,11,13,16-17,19-23,25-31H2,1-2,4-9H3,(H,59,68)/t34-,36-,40-,41-,44-/m0/s1. The number of carbonyl (C=O) groups is 5. The van der Waals surface area contributed by atoms with Crippen LogP contribution < -0.4 is 15.6 Å². The molecule has 5 amide bonds. The van der Waals surface area contributed by atoms with E-state index in [1.807, 2.05) is 45.7 Å². The minimum Gasteiger partial charge on any atom is -0.464 e. The molecule has 1 spiro atoms. The number of likely N-dealkylation sites (tertiary alicyclic amines) is 1. The van der Waals surface area contributed by atoms with E-state index >= 15 is 0 Å². The Morgan fingerprint density at radius 3 is 2.48 bits per heavy atom. The second-order valence-corrected chi connectivity index (χ2v) is 22.1. The summed E-state index contributed by atoms with van der Waals surface area (Å²) < 4.78 is 77.4. The average Bonchev–Trinajstić information content (AvgIpc) is 3.85. The molecule has 5 aliphatic rings. The number of amides is 5. The van der Waals surface area contributed by atoms with Crippen molar-refractivity contribution in [3.63, 3.8) is 0 Å². The number of urea groups is 1. The third-order valence-electron chi connectivity index (χ3n) is 15.7. The zero-order valence-electron chi connectivity index (χ0n) is 44.3. The van der Waals surface area contributed by atoms with Crippen molar-refractivity contribution in [2.24, 2.45) is 11.3 Å². The molecular weight excluding hydrogens is 981 g/mol. The van der Waals surface area contributed by atoms with Crippen LogP contribution in [0.5, 0.6) is 0 Å². The van der Waals surface area contributed by atoms with Gasteiger partial charge in [-0.3, -0.25) is 34.1 Å². The Morgan fingerprint density at radius 2 is 1.80 bits per heavy atom. The van der Waals surface area contributed by atoms with Crippen LogP contribution in [-0.2, 0) is 46.4 Å². The maximum Gasteiger partial charge on any atom is 0.406 e. The predicted octanol–water partition coefficient (Wildman–Crippen LogP) is 5.80. The van der Waals surface area contributed by atoms with Crippen LogP contribution in [0.4, 0.5) is 28.0 Å². The average molecular weight is 1050 g/mol. The van der Waals surface area contributed by atoms with Crippen molar-refractivity contribution < 1.29 is 55.7 Å². The number of ether oxygens (including phenoxy) is 3. The van der Waals surface area contributed by atoms with Gasteiger partial charge < -0.3 is 43.7 Å². The van der Waals surface area contributed by atoms with E-state index in [0.29, 0.717) is 91.0 Å². The molecule has 22 heteroatoms. The number of morpholine rings is 1. The lowest BCUT2D eigenvalue weighted by atomic mass is 9.84. The van der Waals surface area contributed by atoms with Gasteiger partial charge in [0.1, 0.15) is 24.7 Å². The third kappa shape index (κ3) is 11.8. The molecule has 0 unspecified atom stereocenters. The number of rotatable bonds is 9. The number of likely N-dealkylation sites (N-methyl/N-ethyl adjacent to an activating group) is 2. The summed E-state index contributed by atoms with van der Waals surface area (Å²) in [6, 6.07) is 5.29. The van der Waals surface area contributed by atoms with Gasteiger partial charge in [0.15, 0.2) is 5.83 Å². The van der Waals surface area contributed by atoms with Gasteiger partial charge in [-0.25, -0.2) is 14.6 Å². The number of halogens is 4. The predicted molar refractivity (Wildman–Crippen MR) is 271 cm³/mol. The number of cyclic esters (lactones) is 1. The van der Waals surface area contributed by atoms with Gasteiger partial charge in [0.25, 0.3) is 11.8 Å². The summed E-state index contributed by atoms with van der Waals surface area (Å²) in [6.45, 7) is 13.3. The Hall–Kier alpha value is -5.84. The topological polar surface area (TPSA) is 174 Å². The van der Waals surface area contributed by atoms with Gasteiger partial charge in [-0.2, -0.15) is 13.2 Å². The molecule has 2 N–H and O–H groups in total. The molecule has 5 atom stereocenters. The second-order valence-electron chi connectivity index (χ2n) is 22.1. The molecule has 3 aromatic rings. The maximum atomic E-state index is 14.8. The fourth-order valence-corrected chi connectivity index (χ4v) is 11.7. The van der Waals surface area contributed by atoms with Gasteiger partial charge in [0.2, 0.25) is 5.91 Å². The first-order valence-corrected chi connectivity index (χ1v) is 25.9. The number of methoxy groups -OCH3 is 1. The molecule has 18 nitrogen and oxygen atoms in total. The SMILES string of the molecule is C=C(F)C(=O)N1CN(C)C2(CCN(C(=O)N(C)[C@H](C(=O)N[C@H]3C[C@H]4CN(CCO4)c4ccc5c(c4)c(c(-c4cccnc4[C@H](C)OC)n5CC(F)(F)F)CC(C)(C)COC(=O)[C@@H]4CCCN(N4)C3=O)C(C)C)CC2)C1. The number of hydrogen-bond donors (Lipinski definition) is 2. The van der Waals surface area contributed by atoms with Crippen molar-refractivity contribution >= 4 is 46.3 Å². The number of carbonyl (C=O) groups excluding carboxylic acids is 5. The zero-order chi connectivity index (χ0) is 54.3. The summed E-state index contributed by atoms with van der Waals surface area (Å²) in [4.78, 5) is 83.4. The number of esters is 1. The summed E-state index contributed by atoms with van der Waals surface area (Å²) >= 11 is 0. The molecule has 8 rings (SSSR count). The van der Waals surface area contributed by atoms with Gasteiger partial charge >= 0.3 is 18.2 Å². The first-order valence-electron chi connectivity index (χ1n) is 25.9. The number of benzene rings is 1. The smallest absolute Gasteiger partial charge is 0.406 e. The van der Waals surface area contributed by atoms with Crippen molar-refractivity contribution in [1.82, 2.24) is 44.9 Å². The lowest BCUT2D eigenvalue weighted by Gasteiger charge is -2.44. The molecule has 1 aromatic carbocycles. The third-order valence-corrected chi connectivity index (χ3v) is 15.7. The van der Waals surface area contributed by atoms with Crippen molar-refractivity contribution in [3.05, 3.63) is 60.2 Å². The van der Waals surface area contributed by atoms with Crippen LogP contribution in [0.3, 0.4) is 0 Å². The first kappa shape index (κ1) is 55.4. The highest BCUT2D eigenvalue weighted by molar-refractivity contribution is 5.95. The lowest BCUT2D eigenvalue weighted by molar-refractivity contribution is -0.156. The fourth-order valence-electron chi connectivity index (χ4n) is 11.7. The molecule has 5 aliphatic heterocycles. The molecule has 0 aliphatic carbocycles. The monoisotopic (exact) mass is 1050 g/mol. The maximum absolute atomic E-state index is 14.8. The van der Waals surface area contributed by atoms with E-state index < -0.39 is 89.4 Å². The van der Waals surface area contributed by atoms with Crippen molar-refractivity contribution in [2.45, 2.75) is 122 Å². The Balaban J connectivity index is 1.10. The van der Waals surface area contributed by atoms with Crippen LogP contribution in [0.15, 0.2) is 48.9 Å². The summed E-state index contributed by atoms with van der Waals surface area (Å²) in [7, 11) is 4.94. The Bertz CT molecular complexity index is 2650. The number of anilines is 1. The molecule has 410 valence electrons. The van der Waals surface area contributed by atoms with Crippen LogP contribution in [0, 0.1) is 11.3 Å². The van der Waals surface area contributed by atoms with Crippen LogP contribution >= 0.6 is 0 Å². The lowest BCUT2D eigenvalue weighted by Crippen LogP contribution is -2.63. The minimum atomic E-state index is -4.60. The minimum absolute atomic E-state index is 0.00308. The van der Waals surface area contributed by atoms with E-state index in [9.17, 15) is 41.5 Å². The van der Waals surface area contributed by atoms with Crippen LogP contribution in [0.2, 0.25) is 0 Å². The van der Waals surface area contributed by atoms with E-state index in [2.05, 4.69) is 27.2 Å². The van der Waals surface area contributed by atoms with Crippen molar-refractivity contribution in [2.75, 3.05) is 85.3 Å². The molecule has 4 fully saturated rings. The Kier molecular flexibility index (Phi) is 16.3. The molecular formula is C53H72F4N10O8. The summed E-state index contributed by atoms with van der Waals surface area (Å²) in [5, 5.41) is 4.92. The first-order chi connectivity index (χ1) is 35.4. The molecule has 0 radical (unpaired) electrons. The zero-order valence-corrected chi connectivity index (χ0v) is 44.3. The van der Waals surface area contributed by atoms with Crippen molar-refractivity contribution in [1.29, 1.82) is 0 Å². The fraction of sp³-hybridized carbons (Fsp3) is 0.623. The van der Waals surface area contributed by atoms with Gasteiger partial charge in [-0.15, -0.1) is 0 Å². The van der Waals surface area contributed by atoms with Gasteiger partial charge in [0.05, 0.1) is 43.5 Å². The van der Waals surface area contributed by atoms with E-state index in [0.717, 1.165) is 0 Å². The van der Waals surface area contributed by atoms with Crippen LogP contribution in [0.25, 0.3) is 22.2 Å². The molecule has 0 saturated carbocycles. The van der Waals surface area contributed by atoms with Crippen LogP contribution in [0.1, 0.15) is 84.1 Å². The van der Waals surface area contributed by atoms with Gasteiger partial charge in [0, 0.05) is 99.2 Å².